The molecule has 8 nitrogen and oxygen atoms in total. The number of carbonyl (C=O) groups excluding carboxylic acids is 2. The molecule has 1 N–H and O–H groups in total. The Hall–Kier alpha value is -2.65. The van der Waals surface area contributed by atoms with Crippen molar-refractivity contribution in [2.75, 3.05) is 39.0 Å². The van der Waals surface area contributed by atoms with Gasteiger partial charge >= 0.3 is 0 Å². The van der Waals surface area contributed by atoms with Crippen LogP contribution in [0.4, 0.5) is 0 Å². The number of carbonyl (C=O) groups is 2. The summed E-state index contributed by atoms with van der Waals surface area (Å²) < 4.78 is 1.89. The SMILES string of the molecule is C=CCn1c(SCC(=O)N2CCN(C)CC2)nnc1[C@@H](C)NC(=O)c1ccccc1. The van der Waals surface area contributed by atoms with Crippen LogP contribution in [0.5, 0.6) is 0 Å². The van der Waals surface area contributed by atoms with Crippen LogP contribution in [0, 0.1) is 0 Å². The van der Waals surface area contributed by atoms with Crippen molar-refractivity contribution in [3.05, 3.63) is 54.4 Å². The summed E-state index contributed by atoms with van der Waals surface area (Å²) in [6.07, 6.45) is 1.75. The largest absolute Gasteiger partial charge is 0.342 e. The van der Waals surface area contributed by atoms with Gasteiger partial charge in [0.2, 0.25) is 5.91 Å². The minimum absolute atomic E-state index is 0.105. The summed E-state index contributed by atoms with van der Waals surface area (Å²) in [6.45, 7) is 9.47. The molecule has 3 rings (SSSR count). The van der Waals surface area contributed by atoms with Gasteiger partial charge in [-0.05, 0) is 26.1 Å². The number of piperazine rings is 1. The fourth-order valence-electron chi connectivity index (χ4n) is 3.24. The number of allylic oxidation sites excluding steroid dienone is 1. The molecule has 2 amide bonds. The van der Waals surface area contributed by atoms with Crippen LogP contribution in [-0.2, 0) is 11.3 Å². The molecule has 1 fully saturated rings. The van der Waals surface area contributed by atoms with Crippen LogP contribution in [0.2, 0.25) is 0 Å². The van der Waals surface area contributed by atoms with E-state index in [0.29, 0.717) is 28.8 Å². The van der Waals surface area contributed by atoms with Crippen LogP contribution in [-0.4, -0.2) is 75.4 Å². The molecule has 160 valence electrons. The standard InChI is InChI=1S/C21H28N6O2S/c1-4-10-27-19(16(2)22-20(29)17-8-6-5-7-9-17)23-24-21(27)30-15-18(28)26-13-11-25(3)12-14-26/h4-9,16H,1,10-15H2,2-3H3,(H,22,29)/t16-/m1/s1. The van der Waals surface area contributed by atoms with Crippen molar-refractivity contribution in [3.8, 4) is 0 Å². The van der Waals surface area contributed by atoms with Gasteiger partial charge in [-0.3, -0.25) is 9.59 Å². The molecule has 30 heavy (non-hydrogen) atoms. The third-order valence-electron chi connectivity index (χ3n) is 5.01. The highest BCUT2D eigenvalue weighted by molar-refractivity contribution is 7.99. The molecule has 1 atom stereocenters. The maximum atomic E-state index is 12.5. The highest BCUT2D eigenvalue weighted by Gasteiger charge is 2.22. The number of benzene rings is 1. The first-order valence-electron chi connectivity index (χ1n) is 9.98. The molecule has 1 aliphatic rings. The van der Waals surface area contributed by atoms with Crippen LogP contribution in [0.3, 0.4) is 0 Å². The maximum Gasteiger partial charge on any atom is 0.251 e. The number of hydrogen-bond donors (Lipinski definition) is 1. The smallest absolute Gasteiger partial charge is 0.251 e. The second-order valence-electron chi connectivity index (χ2n) is 7.27. The Kier molecular flexibility index (Phi) is 7.64. The maximum absolute atomic E-state index is 12.5. The lowest BCUT2D eigenvalue weighted by Crippen LogP contribution is -2.47. The fourth-order valence-corrected chi connectivity index (χ4v) is 4.09. The number of nitrogens with one attached hydrogen (secondary N) is 1. The van der Waals surface area contributed by atoms with Gasteiger partial charge < -0.3 is 19.7 Å². The Morgan fingerprint density at radius 3 is 2.57 bits per heavy atom. The summed E-state index contributed by atoms with van der Waals surface area (Å²) in [5.41, 5.74) is 0.589. The van der Waals surface area contributed by atoms with Crippen LogP contribution in [0.15, 0.2) is 48.1 Å². The van der Waals surface area contributed by atoms with E-state index in [4.69, 9.17) is 0 Å². The zero-order chi connectivity index (χ0) is 21.5. The van der Waals surface area contributed by atoms with Gasteiger partial charge in [0, 0.05) is 38.3 Å². The molecular formula is C21H28N6O2S. The van der Waals surface area contributed by atoms with Gasteiger partial charge in [0.1, 0.15) is 0 Å². The van der Waals surface area contributed by atoms with E-state index >= 15 is 0 Å². The fraction of sp³-hybridized carbons (Fsp3) is 0.429. The van der Waals surface area contributed by atoms with E-state index in [9.17, 15) is 9.59 Å². The van der Waals surface area contributed by atoms with Crippen molar-refractivity contribution in [3.63, 3.8) is 0 Å². The lowest BCUT2D eigenvalue weighted by atomic mass is 10.2. The van der Waals surface area contributed by atoms with Crippen LogP contribution < -0.4 is 5.32 Å². The Balaban J connectivity index is 1.64. The summed E-state index contributed by atoms with van der Waals surface area (Å²) in [5, 5.41) is 12.1. The summed E-state index contributed by atoms with van der Waals surface area (Å²) in [6, 6.07) is 8.71. The predicted octanol–water partition coefficient (Wildman–Crippen LogP) is 1.82. The second kappa shape index (κ2) is 10.4. The second-order valence-corrected chi connectivity index (χ2v) is 8.22. The molecule has 9 heteroatoms. The van der Waals surface area contributed by atoms with Gasteiger partial charge in [0.15, 0.2) is 11.0 Å². The number of aromatic nitrogens is 3. The third kappa shape index (κ3) is 5.48. The lowest BCUT2D eigenvalue weighted by molar-refractivity contribution is -0.129. The molecule has 0 saturated carbocycles. The van der Waals surface area contributed by atoms with Crippen molar-refractivity contribution in [2.24, 2.45) is 0 Å². The zero-order valence-electron chi connectivity index (χ0n) is 17.5. The summed E-state index contributed by atoms with van der Waals surface area (Å²) in [5.74, 6) is 0.877. The molecular weight excluding hydrogens is 400 g/mol. The molecule has 0 bridgehead atoms. The zero-order valence-corrected chi connectivity index (χ0v) is 18.3. The van der Waals surface area contributed by atoms with E-state index < -0.39 is 0 Å². The van der Waals surface area contributed by atoms with E-state index in [1.54, 1.807) is 18.2 Å². The van der Waals surface area contributed by atoms with E-state index in [1.165, 1.54) is 11.8 Å². The Morgan fingerprint density at radius 2 is 1.90 bits per heavy atom. The first-order chi connectivity index (χ1) is 14.5. The Bertz CT molecular complexity index is 877. The van der Waals surface area contributed by atoms with Crippen molar-refractivity contribution < 1.29 is 9.59 Å². The average Bonchev–Trinajstić information content (AvgIpc) is 3.16. The first kappa shape index (κ1) is 22.0. The van der Waals surface area contributed by atoms with Crippen molar-refractivity contribution >= 4 is 23.6 Å². The van der Waals surface area contributed by atoms with Gasteiger partial charge in [-0.1, -0.05) is 36.0 Å². The molecule has 2 heterocycles. The minimum atomic E-state index is -0.340. The normalized spacial score (nSPS) is 15.6. The van der Waals surface area contributed by atoms with Crippen molar-refractivity contribution in [1.29, 1.82) is 0 Å². The lowest BCUT2D eigenvalue weighted by Gasteiger charge is -2.32. The topological polar surface area (TPSA) is 83.4 Å². The van der Waals surface area contributed by atoms with E-state index in [-0.39, 0.29) is 17.9 Å². The van der Waals surface area contributed by atoms with Crippen LogP contribution in [0.25, 0.3) is 0 Å². The molecule has 1 aromatic carbocycles. The number of hydrogen-bond acceptors (Lipinski definition) is 6. The molecule has 0 unspecified atom stereocenters. The van der Waals surface area contributed by atoms with Crippen LogP contribution >= 0.6 is 11.8 Å². The molecule has 0 radical (unpaired) electrons. The summed E-state index contributed by atoms with van der Waals surface area (Å²) in [7, 11) is 2.06. The molecule has 0 aliphatic carbocycles. The summed E-state index contributed by atoms with van der Waals surface area (Å²) in [4.78, 5) is 29.1. The molecule has 1 aromatic heterocycles. The number of nitrogens with zero attached hydrogens (tertiary/aromatic N) is 5. The quantitative estimate of drug-likeness (QED) is 0.510. The van der Waals surface area contributed by atoms with Gasteiger partial charge in [0.05, 0.1) is 11.8 Å². The average molecular weight is 429 g/mol. The predicted molar refractivity (Wildman–Crippen MR) is 117 cm³/mol. The number of rotatable bonds is 8. The number of thioether (sulfide) groups is 1. The van der Waals surface area contributed by atoms with Gasteiger partial charge in [0.25, 0.3) is 5.91 Å². The highest BCUT2D eigenvalue weighted by Crippen LogP contribution is 2.21. The van der Waals surface area contributed by atoms with Gasteiger partial charge in [-0.15, -0.1) is 16.8 Å². The Morgan fingerprint density at radius 1 is 1.20 bits per heavy atom. The summed E-state index contributed by atoms with van der Waals surface area (Å²) >= 11 is 1.37. The first-order valence-corrected chi connectivity index (χ1v) is 11.0. The van der Waals surface area contributed by atoms with Crippen molar-refractivity contribution in [2.45, 2.75) is 24.7 Å². The number of amides is 2. The van der Waals surface area contributed by atoms with E-state index in [2.05, 4.69) is 34.0 Å². The highest BCUT2D eigenvalue weighted by atomic mass is 32.2. The van der Waals surface area contributed by atoms with Crippen molar-refractivity contribution in [1.82, 2.24) is 29.9 Å². The molecule has 1 saturated heterocycles. The molecule has 1 aliphatic heterocycles. The monoisotopic (exact) mass is 428 g/mol. The Labute approximate surface area is 181 Å². The molecule has 0 spiro atoms. The number of likely N-dealkylation sites (N-methyl/N-ethyl adjacent to an activating group) is 1. The van der Waals surface area contributed by atoms with E-state index in [1.807, 2.05) is 34.6 Å². The van der Waals surface area contributed by atoms with Gasteiger partial charge in [-0.2, -0.15) is 0 Å². The third-order valence-corrected chi connectivity index (χ3v) is 5.96. The molecule has 2 aromatic rings. The van der Waals surface area contributed by atoms with Crippen LogP contribution in [0.1, 0.15) is 29.1 Å². The van der Waals surface area contributed by atoms with Gasteiger partial charge in [-0.25, -0.2) is 0 Å². The van der Waals surface area contributed by atoms with E-state index in [0.717, 1.165) is 26.2 Å². The minimum Gasteiger partial charge on any atom is -0.342 e.